The van der Waals surface area contributed by atoms with Gasteiger partial charge in [-0.05, 0) is 24.4 Å². The summed E-state index contributed by atoms with van der Waals surface area (Å²) in [4.78, 5) is 11.8. The molecule has 0 bridgehead atoms. The molecule has 0 fully saturated rings. The smallest absolute Gasteiger partial charge is 0.304 e. The molecule has 1 atom stereocenters. The summed E-state index contributed by atoms with van der Waals surface area (Å²) >= 11 is 1.67. The van der Waals surface area contributed by atoms with Gasteiger partial charge < -0.3 is 10.4 Å². The number of aliphatic carboxylic acids is 1. The number of rotatable bonds is 6. The van der Waals surface area contributed by atoms with E-state index < -0.39 is 5.97 Å². The molecule has 3 nitrogen and oxygen atoms in total. The molecule has 1 unspecified atom stereocenters. The lowest BCUT2D eigenvalue weighted by molar-refractivity contribution is -0.137. The van der Waals surface area contributed by atoms with Gasteiger partial charge in [-0.15, -0.1) is 11.3 Å². The Hall–Kier alpha value is -0.870. The van der Waals surface area contributed by atoms with Gasteiger partial charge in [0, 0.05) is 10.9 Å². The summed E-state index contributed by atoms with van der Waals surface area (Å²) in [6.45, 7) is 2.80. The lowest BCUT2D eigenvalue weighted by Gasteiger charge is -2.14. The second-order valence-corrected chi connectivity index (χ2v) is 4.17. The minimum absolute atomic E-state index is 0.0520. The quantitative estimate of drug-likeness (QED) is 0.756. The Morgan fingerprint density at radius 1 is 1.71 bits per heavy atom. The first-order valence-corrected chi connectivity index (χ1v) is 5.58. The van der Waals surface area contributed by atoms with Crippen LogP contribution in [0.2, 0.25) is 0 Å². The highest BCUT2D eigenvalue weighted by atomic mass is 32.1. The number of hydrogen-bond acceptors (Lipinski definition) is 3. The SMILES string of the molecule is CCNC(CC(=O)O)Cc1cccs1. The van der Waals surface area contributed by atoms with Gasteiger partial charge in [0.05, 0.1) is 6.42 Å². The zero-order chi connectivity index (χ0) is 10.4. The summed E-state index contributed by atoms with van der Waals surface area (Å²) in [6, 6.07) is 4.08. The average molecular weight is 213 g/mol. The molecule has 78 valence electrons. The van der Waals surface area contributed by atoms with Crippen LogP contribution in [0, 0.1) is 0 Å². The zero-order valence-electron chi connectivity index (χ0n) is 8.19. The van der Waals surface area contributed by atoms with Gasteiger partial charge in [-0.25, -0.2) is 0 Å². The normalized spacial score (nSPS) is 12.6. The van der Waals surface area contributed by atoms with E-state index in [2.05, 4.69) is 5.32 Å². The highest BCUT2D eigenvalue weighted by Gasteiger charge is 2.12. The van der Waals surface area contributed by atoms with Crippen molar-refractivity contribution in [2.45, 2.75) is 25.8 Å². The van der Waals surface area contributed by atoms with E-state index in [-0.39, 0.29) is 12.5 Å². The number of hydrogen-bond donors (Lipinski definition) is 2. The molecule has 0 aliphatic carbocycles. The molecular formula is C10H15NO2S. The summed E-state index contributed by atoms with van der Waals surface area (Å²) in [7, 11) is 0. The van der Waals surface area contributed by atoms with Crippen molar-refractivity contribution in [1.82, 2.24) is 5.32 Å². The Morgan fingerprint density at radius 2 is 2.50 bits per heavy atom. The van der Waals surface area contributed by atoms with Gasteiger partial charge in [-0.1, -0.05) is 13.0 Å². The summed E-state index contributed by atoms with van der Waals surface area (Å²) in [5.41, 5.74) is 0. The van der Waals surface area contributed by atoms with Crippen molar-refractivity contribution >= 4 is 17.3 Å². The van der Waals surface area contributed by atoms with Gasteiger partial charge in [0.1, 0.15) is 0 Å². The number of carboxylic acid groups (broad SMARTS) is 1. The largest absolute Gasteiger partial charge is 0.481 e. The molecule has 14 heavy (non-hydrogen) atoms. The second kappa shape index (κ2) is 5.78. The fourth-order valence-corrected chi connectivity index (χ4v) is 2.17. The standard InChI is InChI=1S/C10H15NO2S/c1-2-11-8(7-10(12)13)6-9-4-3-5-14-9/h3-5,8,11H,2,6-7H2,1H3,(H,12,13). The summed E-state index contributed by atoms with van der Waals surface area (Å²) in [5.74, 6) is -0.743. The van der Waals surface area contributed by atoms with Crippen LogP contribution in [0.3, 0.4) is 0 Å². The van der Waals surface area contributed by atoms with Crippen molar-refractivity contribution in [1.29, 1.82) is 0 Å². The molecule has 1 aromatic heterocycles. The molecule has 0 amide bonds. The molecule has 2 N–H and O–H groups in total. The number of carboxylic acids is 1. The van der Waals surface area contributed by atoms with E-state index in [1.165, 1.54) is 4.88 Å². The minimum Gasteiger partial charge on any atom is -0.481 e. The number of thiophene rings is 1. The van der Waals surface area contributed by atoms with E-state index in [1.54, 1.807) is 11.3 Å². The van der Waals surface area contributed by atoms with Crippen molar-refractivity contribution in [2.24, 2.45) is 0 Å². The van der Waals surface area contributed by atoms with Gasteiger partial charge in [0.2, 0.25) is 0 Å². The van der Waals surface area contributed by atoms with E-state index in [4.69, 9.17) is 5.11 Å². The predicted octanol–water partition coefficient (Wildman–Crippen LogP) is 1.74. The van der Waals surface area contributed by atoms with Crippen LogP contribution in [0.25, 0.3) is 0 Å². The summed E-state index contributed by atoms with van der Waals surface area (Å²) in [6.07, 6.45) is 0.990. The zero-order valence-corrected chi connectivity index (χ0v) is 9.01. The number of carbonyl (C=O) groups is 1. The van der Waals surface area contributed by atoms with Gasteiger partial charge in [0.15, 0.2) is 0 Å². The fraction of sp³-hybridized carbons (Fsp3) is 0.500. The van der Waals surface area contributed by atoms with E-state index in [1.807, 2.05) is 24.4 Å². The van der Waals surface area contributed by atoms with E-state index >= 15 is 0 Å². The Balaban J connectivity index is 2.46. The molecule has 0 aliphatic heterocycles. The van der Waals surface area contributed by atoms with Crippen LogP contribution in [0.4, 0.5) is 0 Å². The third-order valence-electron chi connectivity index (χ3n) is 1.94. The number of likely N-dealkylation sites (N-methyl/N-ethyl adjacent to an activating group) is 1. The van der Waals surface area contributed by atoms with Crippen LogP contribution >= 0.6 is 11.3 Å². The molecule has 4 heteroatoms. The molecule has 0 radical (unpaired) electrons. The van der Waals surface area contributed by atoms with Crippen LogP contribution in [0.15, 0.2) is 17.5 Å². The Kier molecular flexibility index (Phi) is 4.62. The van der Waals surface area contributed by atoms with Crippen molar-refractivity contribution in [3.63, 3.8) is 0 Å². The molecule has 0 aliphatic rings. The first kappa shape index (κ1) is 11.2. The summed E-state index contributed by atoms with van der Waals surface area (Å²) in [5, 5.41) is 13.9. The molecule has 0 saturated carbocycles. The van der Waals surface area contributed by atoms with Crippen molar-refractivity contribution < 1.29 is 9.90 Å². The summed E-state index contributed by atoms with van der Waals surface area (Å²) < 4.78 is 0. The van der Waals surface area contributed by atoms with E-state index in [9.17, 15) is 4.79 Å². The fourth-order valence-electron chi connectivity index (χ4n) is 1.39. The monoisotopic (exact) mass is 213 g/mol. The van der Waals surface area contributed by atoms with Crippen molar-refractivity contribution in [3.8, 4) is 0 Å². The van der Waals surface area contributed by atoms with Crippen LogP contribution < -0.4 is 5.32 Å². The topological polar surface area (TPSA) is 49.3 Å². The van der Waals surface area contributed by atoms with Gasteiger partial charge in [-0.2, -0.15) is 0 Å². The first-order chi connectivity index (χ1) is 6.72. The predicted molar refractivity (Wildman–Crippen MR) is 57.7 cm³/mol. The maximum Gasteiger partial charge on any atom is 0.304 e. The maximum atomic E-state index is 10.6. The average Bonchev–Trinajstić information content (AvgIpc) is 2.56. The molecular weight excluding hydrogens is 198 g/mol. The van der Waals surface area contributed by atoms with Crippen LogP contribution in [0.1, 0.15) is 18.2 Å². The van der Waals surface area contributed by atoms with E-state index in [0.29, 0.717) is 0 Å². The Bertz CT molecular complexity index is 272. The number of nitrogens with one attached hydrogen (secondary N) is 1. The second-order valence-electron chi connectivity index (χ2n) is 3.14. The van der Waals surface area contributed by atoms with Gasteiger partial charge in [0.25, 0.3) is 0 Å². The maximum absolute atomic E-state index is 10.6. The highest BCUT2D eigenvalue weighted by Crippen LogP contribution is 2.12. The lowest BCUT2D eigenvalue weighted by Crippen LogP contribution is -2.32. The van der Waals surface area contributed by atoms with Gasteiger partial charge in [-0.3, -0.25) is 4.79 Å². The Labute approximate surface area is 87.8 Å². The van der Waals surface area contributed by atoms with Crippen LogP contribution in [-0.4, -0.2) is 23.7 Å². The molecule has 0 saturated heterocycles. The highest BCUT2D eigenvalue weighted by molar-refractivity contribution is 7.09. The van der Waals surface area contributed by atoms with Crippen molar-refractivity contribution in [3.05, 3.63) is 22.4 Å². The van der Waals surface area contributed by atoms with E-state index in [0.717, 1.165) is 13.0 Å². The third-order valence-corrected chi connectivity index (χ3v) is 2.84. The van der Waals surface area contributed by atoms with Crippen molar-refractivity contribution in [2.75, 3.05) is 6.54 Å². The molecule has 0 spiro atoms. The van der Waals surface area contributed by atoms with Crippen LogP contribution in [0.5, 0.6) is 0 Å². The third kappa shape index (κ3) is 3.89. The Morgan fingerprint density at radius 3 is 3.00 bits per heavy atom. The lowest BCUT2D eigenvalue weighted by atomic mass is 10.1. The first-order valence-electron chi connectivity index (χ1n) is 4.70. The van der Waals surface area contributed by atoms with Crippen LogP contribution in [-0.2, 0) is 11.2 Å². The molecule has 0 aromatic carbocycles. The molecule has 1 rings (SSSR count). The van der Waals surface area contributed by atoms with Gasteiger partial charge >= 0.3 is 5.97 Å². The molecule has 1 aromatic rings. The molecule has 1 heterocycles. The minimum atomic E-state index is -0.743.